The largest absolute Gasteiger partial charge is 0.494 e. The Bertz CT molecular complexity index is 3430. The SMILES string of the molecule is CCN1CCN(C)CCN(CC(=O)O)CCN(CC(=O)N[C@H](Cc2ccc(OP)cc2)C(=O)NCCCOCCOCCOCCCNC(=O)CCCOc2cc(C)c(S(=O)(=O)NC(CNC(=O)c3cn(C)c4cc(CNc5ncc[nH]5)ccc4c3=O)C(=O)O)c(C)c2)CC1. The fourth-order valence-electron chi connectivity index (χ4n) is 10.5. The number of benzene rings is 3. The molecule has 0 bridgehead atoms. The van der Waals surface area contributed by atoms with Crippen LogP contribution in [-0.4, -0.2) is 245 Å². The quantitative estimate of drug-likeness (QED) is 0.0200. The van der Waals surface area contributed by atoms with E-state index in [1.807, 2.05) is 29.0 Å². The highest BCUT2D eigenvalue weighted by Crippen LogP contribution is 2.27. The number of hydrogen-bond donors (Lipinski definition) is 9. The van der Waals surface area contributed by atoms with Gasteiger partial charge in [0.05, 0.1) is 66.0 Å². The van der Waals surface area contributed by atoms with Crippen molar-refractivity contribution in [3.63, 3.8) is 0 Å². The third-order valence-corrected chi connectivity index (χ3v) is 17.8. The maximum absolute atomic E-state index is 13.7. The van der Waals surface area contributed by atoms with E-state index in [9.17, 15) is 52.2 Å². The molecular formula is C64H94N13O16PS. The molecule has 2 aromatic heterocycles. The summed E-state index contributed by atoms with van der Waals surface area (Å²) < 4.78 is 59.2. The molecule has 95 heavy (non-hydrogen) atoms. The number of nitrogens with zero attached hydrogens (tertiary/aromatic N) is 6. The minimum atomic E-state index is -4.46. The lowest BCUT2D eigenvalue weighted by Crippen LogP contribution is -2.52. The lowest BCUT2D eigenvalue weighted by molar-refractivity contribution is -0.139. The molecule has 1 aliphatic rings. The number of likely N-dealkylation sites (N-methyl/N-ethyl adjacent to an activating group) is 2. The highest BCUT2D eigenvalue weighted by molar-refractivity contribution is 7.89. The summed E-state index contributed by atoms with van der Waals surface area (Å²) in [5.74, 6) is -2.58. The minimum Gasteiger partial charge on any atom is -0.494 e. The molecule has 1 fully saturated rings. The zero-order valence-corrected chi connectivity index (χ0v) is 56.9. The van der Waals surface area contributed by atoms with E-state index in [1.165, 1.54) is 32.2 Å². The molecule has 31 heteroatoms. The molecule has 0 saturated carbocycles. The Morgan fingerprint density at radius 3 is 1.94 bits per heavy atom. The summed E-state index contributed by atoms with van der Waals surface area (Å²) in [4.78, 5) is 106. The van der Waals surface area contributed by atoms with Crippen molar-refractivity contribution in [2.75, 3.05) is 150 Å². The number of carboxylic acids is 2. The Hall–Kier alpha value is -7.64. The molecule has 0 spiro atoms. The lowest BCUT2D eigenvalue weighted by atomic mass is 10.0. The predicted molar refractivity (Wildman–Crippen MR) is 360 cm³/mol. The second-order valence-corrected chi connectivity index (χ2v) is 25.0. The van der Waals surface area contributed by atoms with E-state index in [2.05, 4.69) is 67.5 Å². The standard InChI is InChI=1S/C64H94N13O16PS/c1-6-75-23-21-73(4)22-24-77(44-58(80)81)28-27-76(26-25-75)43-57(79)71-53(38-47-11-14-49(93-94)15-12-47)62(84)66-18-9-30-90-33-35-91-34-32-89-29-8-17-65-56(78)10-7-31-92-50-36-45(2)60(46(3)37-50)95(87,88)72-54(63(85)86)41-69-61(83)52-42-74(5)55-39-48(13-16-51(55)59(52)82)40-70-64-67-19-20-68-64/h11-16,19-20,36-37,39,42,53-54,72H,6-10,17-18,21-35,38,40-41,43-44,94H2,1-5H3,(H,65,78)(H,66,84)(H,69,83)(H,71,79)(H,80,81)(H,85,86)(H2,67,68,70)/t53-,54?/m1/s1. The number of rotatable bonds is 39. The first-order valence-electron chi connectivity index (χ1n) is 31.9. The normalized spacial score (nSPS) is 14.6. The molecule has 0 radical (unpaired) electrons. The third-order valence-electron chi connectivity index (χ3n) is 15.7. The molecule has 2 unspecified atom stereocenters. The molecule has 3 atom stereocenters. The average Bonchev–Trinajstić information content (AvgIpc) is 0.979. The maximum atomic E-state index is 13.7. The number of aromatic nitrogens is 3. The number of H-pyrrole nitrogens is 1. The van der Waals surface area contributed by atoms with E-state index in [4.69, 9.17) is 23.5 Å². The number of anilines is 1. The van der Waals surface area contributed by atoms with Crippen molar-refractivity contribution in [3.8, 4) is 11.5 Å². The average molecular weight is 1360 g/mol. The zero-order valence-electron chi connectivity index (χ0n) is 55.0. The number of amides is 4. The number of imidazole rings is 1. The van der Waals surface area contributed by atoms with Crippen molar-refractivity contribution in [1.29, 1.82) is 0 Å². The summed E-state index contributed by atoms with van der Waals surface area (Å²) in [7, 11) is 1.44. The van der Waals surface area contributed by atoms with E-state index in [1.54, 1.807) is 54.3 Å². The van der Waals surface area contributed by atoms with Crippen LogP contribution in [0.25, 0.3) is 10.9 Å². The maximum Gasteiger partial charge on any atom is 0.323 e. The van der Waals surface area contributed by atoms with Gasteiger partial charge in [-0.05, 0) is 105 Å². The van der Waals surface area contributed by atoms with Crippen LogP contribution in [0.4, 0.5) is 5.95 Å². The van der Waals surface area contributed by atoms with Gasteiger partial charge in [-0.1, -0.05) is 25.1 Å². The van der Waals surface area contributed by atoms with Gasteiger partial charge in [-0.25, -0.2) is 13.4 Å². The molecule has 6 rings (SSSR count). The molecular weight excluding hydrogens is 1270 g/mol. The fraction of sp³-hybridized carbons (Fsp3) is 0.531. The minimum absolute atomic E-state index is 0.0459. The van der Waals surface area contributed by atoms with Crippen LogP contribution in [0.2, 0.25) is 0 Å². The van der Waals surface area contributed by atoms with Gasteiger partial charge in [0.2, 0.25) is 33.2 Å². The third kappa shape index (κ3) is 26.5. The fourth-order valence-corrected chi connectivity index (χ4v) is 12.3. The number of ether oxygens (including phenoxy) is 4. The summed E-state index contributed by atoms with van der Waals surface area (Å²) in [6.07, 6.45) is 6.53. The Balaban J connectivity index is 0.811. The lowest BCUT2D eigenvalue weighted by Gasteiger charge is -2.32. The second kappa shape index (κ2) is 40.0. The van der Waals surface area contributed by atoms with Crippen LogP contribution in [0.1, 0.15) is 65.2 Å². The van der Waals surface area contributed by atoms with Crippen molar-refractivity contribution in [2.45, 2.75) is 76.4 Å². The number of aromatic amines is 1. The van der Waals surface area contributed by atoms with Gasteiger partial charge in [-0.3, -0.25) is 43.4 Å². The van der Waals surface area contributed by atoms with Gasteiger partial charge in [0, 0.05) is 136 Å². The first-order valence-corrected chi connectivity index (χ1v) is 33.8. The molecule has 0 aliphatic carbocycles. The summed E-state index contributed by atoms with van der Waals surface area (Å²) >= 11 is 0. The summed E-state index contributed by atoms with van der Waals surface area (Å²) in [6.45, 7) is 14.1. The first-order chi connectivity index (χ1) is 45.6. The number of carbonyl (C=O) groups excluding carboxylic acids is 4. The van der Waals surface area contributed by atoms with Gasteiger partial charge in [0.25, 0.3) is 5.91 Å². The van der Waals surface area contributed by atoms with Gasteiger partial charge in [-0.15, -0.1) is 0 Å². The molecule has 5 aromatic rings. The number of fused-ring (bicyclic) bond motifs is 1. The van der Waals surface area contributed by atoms with Crippen LogP contribution in [-0.2, 0) is 68.2 Å². The van der Waals surface area contributed by atoms with Crippen LogP contribution in [0.3, 0.4) is 0 Å². The molecule has 3 aromatic carbocycles. The summed E-state index contributed by atoms with van der Waals surface area (Å²) in [5.41, 5.74) is 1.94. The topological polar surface area (TPSA) is 359 Å². The number of aryl methyl sites for hydroxylation is 3. The molecule has 1 aliphatic heterocycles. The van der Waals surface area contributed by atoms with Gasteiger partial charge >= 0.3 is 11.9 Å². The Kier molecular flexibility index (Phi) is 32.2. The van der Waals surface area contributed by atoms with Crippen LogP contribution in [0.15, 0.2) is 82.9 Å². The number of aliphatic carboxylic acids is 2. The molecule has 522 valence electrons. The van der Waals surface area contributed by atoms with E-state index in [-0.39, 0.29) is 77.2 Å². The molecule has 29 nitrogen and oxygen atoms in total. The number of carboxylic acid groups (broad SMARTS) is 2. The molecule has 4 amide bonds. The van der Waals surface area contributed by atoms with Crippen molar-refractivity contribution < 1.29 is 70.9 Å². The number of pyridine rings is 1. The van der Waals surface area contributed by atoms with Crippen molar-refractivity contribution in [1.82, 2.24) is 60.1 Å². The van der Waals surface area contributed by atoms with E-state index < -0.39 is 51.9 Å². The summed E-state index contributed by atoms with van der Waals surface area (Å²) in [5, 5.41) is 34.1. The van der Waals surface area contributed by atoms with E-state index in [0.717, 1.165) is 43.9 Å². The molecule has 9 N–H and O–H groups in total. The van der Waals surface area contributed by atoms with Gasteiger partial charge in [-0.2, -0.15) is 4.72 Å². The second-order valence-electron chi connectivity index (χ2n) is 23.1. The smallest absolute Gasteiger partial charge is 0.323 e. The number of sulfonamides is 1. The van der Waals surface area contributed by atoms with Gasteiger partial charge < -0.3 is 79.6 Å². The highest BCUT2D eigenvalue weighted by atomic mass is 32.2. The van der Waals surface area contributed by atoms with Crippen molar-refractivity contribution >= 4 is 71.9 Å². The first kappa shape index (κ1) is 76.4. The van der Waals surface area contributed by atoms with E-state index >= 15 is 0 Å². The Morgan fingerprint density at radius 2 is 1.32 bits per heavy atom. The van der Waals surface area contributed by atoms with Crippen LogP contribution in [0.5, 0.6) is 11.5 Å². The number of carbonyl (C=O) groups is 6. The molecule has 1 saturated heterocycles. The van der Waals surface area contributed by atoms with Crippen LogP contribution >= 0.6 is 9.47 Å². The highest BCUT2D eigenvalue weighted by Gasteiger charge is 2.30. The molecule has 3 heterocycles. The number of nitrogens with one attached hydrogen (secondary N) is 7. The van der Waals surface area contributed by atoms with Gasteiger partial charge in [0.1, 0.15) is 29.1 Å². The van der Waals surface area contributed by atoms with Crippen LogP contribution < -0.4 is 46.0 Å². The van der Waals surface area contributed by atoms with Gasteiger partial charge in [0.15, 0.2) is 5.95 Å². The summed E-state index contributed by atoms with van der Waals surface area (Å²) in [6, 6.07) is 12.7. The monoisotopic (exact) mass is 1360 g/mol. The zero-order chi connectivity index (χ0) is 68.7. The van der Waals surface area contributed by atoms with Crippen LogP contribution in [0, 0.1) is 13.8 Å². The van der Waals surface area contributed by atoms with Crippen molar-refractivity contribution in [2.24, 2.45) is 7.05 Å². The predicted octanol–water partition coefficient (Wildman–Crippen LogP) is 1.73. The van der Waals surface area contributed by atoms with Crippen molar-refractivity contribution in [3.05, 3.63) is 111 Å². The Labute approximate surface area is 557 Å². The van der Waals surface area contributed by atoms with E-state index in [0.29, 0.717) is 128 Å². The Morgan fingerprint density at radius 1 is 0.705 bits per heavy atom. The number of hydrogen-bond acceptors (Lipinski definition) is 20.